The molecule has 0 aliphatic heterocycles. The number of nitrogens with two attached hydrogens (primary N) is 2. The van der Waals surface area contributed by atoms with Gasteiger partial charge in [-0.1, -0.05) is 13.8 Å². The number of aliphatic hydroxyl groups is 1. The van der Waals surface area contributed by atoms with Gasteiger partial charge < -0.3 is 37.6 Å². The van der Waals surface area contributed by atoms with Crippen LogP contribution in [0.25, 0.3) is 0 Å². The zero-order valence-corrected chi connectivity index (χ0v) is 17.9. The average molecular weight is 450 g/mol. The molecule has 0 aromatic heterocycles. The van der Waals surface area contributed by atoms with Gasteiger partial charge in [0.25, 0.3) is 0 Å². The molecule has 9 N–H and O–H groups in total. The van der Waals surface area contributed by atoms with E-state index in [1.165, 1.54) is 0 Å². The van der Waals surface area contributed by atoms with Crippen LogP contribution in [0.4, 0.5) is 0 Å². The number of amides is 4. The molecule has 30 heavy (non-hydrogen) atoms. The maximum atomic E-state index is 12.5. The fourth-order valence-electron chi connectivity index (χ4n) is 2.33. The number of rotatable bonds is 14. The Balaban J connectivity index is 5.12. The number of primary amides is 1. The van der Waals surface area contributed by atoms with Crippen LogP contribution in [0, 0.1) is 5.92 Å². The number of carboxylic acid groups (broad SMARTS) is 1. The number of thiol groups is 1. The fourth-order valence-corrected chi connectivity index (χ4v) is 2.59. The average Bonchev–Trinajstić information content (AvgIpc) is 2.66. The quantitative estimate of drug-likeness (QED) is 0.128. The SMILES string of the molecule is CC(C)CC(NC(=O)C(CS)NC(=O)C(N)CCC(N)=O)C(=O)NC(CO)C(=O)O. The molecular weight excluding hydrogens is 418 g/mol. The largest absolute Gasteiger partial charge is 0.480 e. The highest BCUT2D eigenvalue weighted by Crippen LogP contribution is 2.07. The van der Waals surface area contributed by atoms with Crippen LogP contribution in [0.15, 0.2) is 0 Å². The third-order valence-electron chi connectivity index (χ3n) is 3.99. The van der Waals surface area contributed by atoms with Gasteiger partial charge in [-0.3, -0.25) is 19.2 Å². The van der Waals surface area contributed by atoms with E-state index >= 15 is 0 Å². The molecule has 0 radical (unpaired) electrons. The van der Waals surface area contributed by atoms with Gasteiger partial charge >= 0.3 is 5.97 Å². The molecule has 13 heteroatoms. The van der Waals surface area contributed by atoms with Gasteiger partial charge in [0, 0.05) is 12.2 Å². The molecule has 4 unspecified atom stereocenters. The van der Waals surface area contributed by atoms with E-state index in [9.17, 15) is 24.0 Å². The van der Waals surface area contributed by atoms with Gasteiger partial charge in [0.15, 0.2) is 0 Å². The monoisotopic (exact) mass is 449 g/mol. The van der Waals surface area contributed by atoms with Gasteiger partial charge in [-0.25, -0.2) is 4.79 Å². The molecule has 0 aromatic carbocycles. The molecule has 0 fully saturated rings. The summed E-state index contributed by atoms with van der Waals surface area (Å²) in [5.41, 5.74) is 10.7. The zero-order valence-electron chi connectivity index (χ0n) is 17.0. The summed E-state index contributed by atoms with van der Waals surface area (Å²) in [7, 11) is 0. The highest BCUT2D eigenvalue weighted by atomic mass is 32.1. The minimum atomic E-state index is -1.52. The first-order valence-electron chi connectivity index (χ1n) is 9.32. The van der Waals surface area contributed by atoms with Gasteiger partial charge in [-0.2, -0.15) is 12.6 Å². The van der Waals surface area contributed by atoms with E-state index in [2.05, 4.69) is 28.6 Å². The van der Waals surface area contributed by atoms with Crippen molar-refractivity contribution < 1.29 is 34.2 Å². The molecule has 0 saturated heterocycles. The molecule has 4 amide bonds. The third-order valence-corrected chi connectivity index (χ3v) is 4.36. The fraction of sp³-hybridized carbons (Fsp3) is 0.706. The van der Waals surface area contributed by atoms with Crippen molar-refractivity contribution >= 4 is 42.2 Å². The van der Waals surface area contributed by atoms with Crippen molar-refractivity contribution in [3.63, 3.8) is 0 Å². The first kappa shape index (κ1) is 27.6. The first-order chi connectivity index (χ1) is 13.9. The molecule has 0 rings (SSSR count). The number of carbonyl (C=O) groups excluding carboxylic acids is 4. The Bertz CT molecular complexity index is 632. The van der Waals surface area contributed by atoms with E-state index in [0.29, 0.717) is 0 Å². The summed E-state index contributed by atoms with van der Waals surface area (Å²) in [6.45, 7) is 2.77. The van der Waals surface area contributed by atoms with Crippen molar-refractivity contribution in [2.75, 3.05) is 12.4 Å². The summed E-state index contributed by atoms with van der Waals surface area (Å²) in [6, 6.07) is -4.82. The Morgan fingerprint density at radius 2 is 1.43 bits per heavy atom. The van der Waals surface area contributed by atoms with Crippen molar-refractivity contribution in [2.45, 2.75) is 57.3 Å². The predicted octanol–water partition coefficient (Wildman–Crippen LogP) is -2.91. The highest BCUT2D eigenvalue weighted by molar-refractivity contribution is 7.80. The summed E-state index contributed by atoms with van der Waals surface area (Å²) in [5.74, 6) is -4.40. The predicted molar refractivity (Wildman–Crippen MR) is 110 cm³/mol. The van der Waals surface area contributed by atoms with Crippen LogP contribution in [0.5, 0.6) is 0 Å². The Hall–Kier alpha value is -2.38. The topological polar surface area (TPSA) is 214 Å². The van der Waals surface area contributed by atoms with Crippen LogP contribution >= 0.6 is 12.6 Å². The maximum Gasteiger partial charge on any atom is 0.328 e. The lowest BCUT2D eigenvalue weighted by atomic mass is 10.0. The second-order valence-corrected chi connectivity index (χ2v) is 7.49. The molecule has 0 heterocycles. The van der Waals surface area contributed by atoms with Gasteiger partial charge in [0.2, 0.25) is 23.6 Å². The van der Waals surface area contributed by atoms with E-state index in [4.69, 9.17) is 21.7 Å². The number of aliphatic hydroxyl groups excluding tert-OH is 1. The Morgan fingerprint density at radius 1 is 0.933 bits per heavy atom. The van der Waals surface area contributed by atoms with Crippen molar-refractivity contribution in [3.8, 4) is 0 Å². The van der Waals surface area contributed by atoms with Crippen LogP contribution in [-0.4, -0.2) is 76.3 Å². The lowest BCUT2D eigenvalue weighted by Gasteiger charge is -2.25. The maximum absolute atomic E-state index is 12.5. The van der Waals surface area contributed by atoms with E-state index in [1.54, 1.807) is 13.8 Å². The molecule has 0 aliphatic carbocycles. The Kier molecular flexibility index (Phi) is 12.7. The second kappa shape index (κ2) is 13.8. The summed E-state index contributed by atoms with van der Waals surface area (Å²) in [6.07, 6.45) is 0.0808. The molecule has 12 nitrogen and oxygen atoms in total. The summed E-state index contributed by atoms with van der Waals surface area (Å²) in [4.78, 5) is 58.9. The molecule has 0 aromatic rings. The molecule has 0 aliphatic rings. The van der Waals surface area contributed by atoms with Crippen LogP contribution < -0.4 is 27.4 Å². The molecule has 0 spiro atoms. The number of carbonyl (C=O) groups is 5. The van der Waals surface area contributed by atoms with Gasteiger partial charge in [-0.05, 0) is 18.8 Å². The molecule has 0 bridgehead atoms. The van der Waals surface area contributed by atoms with Crippen LogP contribution in [-0.2, 0) is 24.0 Å². The van der Waals surface area contributed by atoms with E-state index < -0.39 is 60.4 Å². The molecule has 172 valence electrons. The molecular formula is C17H31N5O7S. The van der Waals surface area contributed by atoms with Crippen molar-refractivity contribution in [1.82, 2.24) is 16.0 Å². The second-order valence-electron chi connectivity index (χ2n) is 7.13. The number of carboxylic acids is 1. The molecule has 4 atom stereocenters. The first-order valence-corrected chi connectivity index (χ1v) is 9.95. The van der Waals surface area contributed by atoms with Gasteiger partial charge in [-0.15, -0.1) is 0 Å². The minimum Gasteiger partial charge on any atom is -0.480 e. The zero-order chi connectivity index (χ0) is 23.4. The number of aliphatic carboxylic acids is 1. The van der Waals surface area contributed by atoms with Crippen LogP contribution in [0.2, 0.25) is 0 Å². The van der Waals surface area contributed by atoms with E-state index in [1.807, 2.05) is 0 Å². The van der Waals surface area contributed by atoms with E-state index in [0.717, 1.165) is 0 Å². The molecule has 0 saturated carbocycles. The normalized spacial score (nSPS) is 14.9. The van der Waals surface area contributed by atoms with Crippen LogP contribution in [0.1, 0.15) is 33.1 Å². The standard InChI is InChI=1S/C17H31N5O7S/c1-8(2)5-10(15(26)21-11(6-23)17(28)29)20-16(27)12(7-30)22-14(25)9(18)3-4-13(19)24/h8-12,23,30H,3-7,18H2,1-2H3,(H2,19,24)(H,20,27)(H,21,26)(H,22,25)(H,28,29). The van der Waals surface area contributed by atoms with Crippen molar-refractivity contribution in [2.24, 2.45) is 17.4 Å². The van der Waals surface area contributed by atoms with Crippen molar-refractivity contribution in [3.05, 3.63) is 0 Å². The Labute approximate surface area is 179 Å². The lowest BCUT2D eigenvalue weighted by molar-refractivity contribution is -0.143. The number of nitrogens with one attached hydrogen (secondary N) is 3. The van der Waals surface area contributed by atoms with Gasteiger partial charge in [0.05, 0.1) is 12.6 Å². The van der Waals surface area contributed by atoms with Crippen LogP contribution in [0.3, 0.4) is 0 Å². The minimum absolute atomic E-state index is 0.00179. The van der Waals surface area contributed by atoms with E-state index in [-0.39, 0.29) is 30.9 Å². The summed E-state index contributed by atoms with van der Waals surface area (Å²) < 4.78 is 0. The smallest absolute Gasteiger partial charge is 0.328 e. The number of hydrogen-bond acceptors (Lipinski definition) is 8. The van der Waals surface area contributed by atoms with Gasteiger partial charge in [0.1, 0.15) is 18.1 Å². The highest BCUT2D eigenvalue weighted by Gasteiger charge is 2.30. The van der Waals surface area contributed by atoms with Crippen molar-refractivity contribution in [1.29, 1.82) is 0 Å². The third kappa shape index (κ3) is 10.4. The lowest BCUT2D eigenvalue weighted by Crippen LogP contribution is -2.58. The summed E-state index contributed by atoms with van der Waals surface area (Å²) >= 11 is 4.02. The number of hydrogen-bond donors (Lipinski definition) is 8. The Morgan fingerprint density at radius 3 is 1.87 bits per heavy atom. The summed E-state index contributed by atoms with van der Waals surface area (Å²) in [5, 5.41) is 25.0.